The number of nitrogens with one attached hydrogen (secondary N) is 1. The molecule has 5 heteroatoms. The van der Waals surface area contributed by atoms with E-state index in [0.29, 0.717) is 39.1 Å². The molecule has 0 aliphatic rings. The molecule has 0 saturated carbocycles. The van der Waals surface area contributed by atoms with Gasteiger partial charge in [-0.3, -0.25) is 4.79 Å². The number of hydrogen-bond donors (Lipinski definition) is 2. The minimum absolute atomic E-state index is 0.00841. The fourth-order valence-corrected chi connectivity index (χ4v) is 2.98. The first kappa shape index (κ1) is 21.9. The second-order valence-corrected chi connectivity index (χ2v) is 6.92. The lowest BCUT2D eigenvalue weighted by atomic mass is 10.1. The quantitative estimate of drug-likeness (QED) is 0.587. The van der Waals surface area contributed by atoms with Crippen LogP contribution < -0.4 is 5.32 Å². The number of rotatable bonds is 12. The number of benzene rings is 2. The molecule has 28 heavy (non-hydrogen) atoms. The Kier molecular flexibility index (Phi) is 9.52. The second-order valence-electron chi connectivity index (χ2n) is 6.92. The van der Waals surface area contributed by atoms with Crippen LogP contribution in [0.15, 0.2) is 54.6 Å². The van der Waals surface area contributed by atoms with Crippen molar-refractivity contribution < 1.29 is 19.4 Å². The van der Waals surface area contributed by atoms with Gasteiger partial charge in [0.2, 0.25) is 5.91 Å². The molecular formula is C23H31NO4. The molecule has 0 heterocycles. The molecule has 5 nitrogen and oxygen atoms in total. The molecular weight excluding hydrogens is 354 g/mol. The maximum Gasteiger partial charge on any atom is 0.220 e. The number of ether oxygens (including phenoxy) is 2. The highest BCUT2D eigenvalue weighted by molar-refractivity contribution is 5.76. The van der Waals surface area contributed by atoms with E-state index in [4.69, 9.17) is 9.47 Å². The van der Waals surface area contributed by atoms with Crippen molar-refractivity contribution in [2.45, 2.75) is 45.3 Å². The summed E-state index contributed by atoms with van der Waals surface area (Å²) in [5.41, 5.74) is 2.18. The number of amides is 1. The van der Waals surface area contributed by atoms with Gasteiger partial charge in [0.1, 0.15) is 5.75 Å². The Morgan fingerprint density at radius 1 is 1.04 bits per heavy atom. The first-order valence-corrected chi connectivity index (χ1v) is 9.87. The van der Waals surface area contributed by atoms with Crippen LogP contribution in [0.1, 0.15) is 31.4 Å². The van der Waals surface area contributed by atoms with E-state index in [1.807, 2.05) is 56.3 Å². The van der Waals surface area contributed by atoms with Crippen molar-refractivity contribution >= 4 is 5.91 Å². The van der Waals surface area contributed by atoms with Crippen LogP contribution in [-0.2, 0) is 27.1 Å². The van der Waals surface area contributed by atoms with Gasteiger partial charge in [-0.15, -0.1) is 0 Å². The number of phenolic OH excluding ortho intramolecular Hbond substituents is 1. The van der Waals surface area contributed by atoms with E-state index >= 15 is 0 Å². The van der Waals surface area contributed by atoms with Gasteiger partial charge in [0.05, 0.1) is 25.4 Å². The van der Waals surface area contributed by atoms with Crippen LogP contribution in [0.4, 0.5) is 0 Å². The molecule has 2 N–H and O–H groups in total. The van der Waals surface area contributed by atoms with Crippen molar-refractivity contribution in [3.63, 3.8) is 0 Å². The number of aromatic hydroxyl groups is 1. The SMILES string of the molecule is CCOC(C)COC[C@H](Cc1ccc(O)cc1)NC(=O)CCc1ccccc1. The third-order valence-electron chi connectivity index (χ3n) is 4.39. The summed E-state index contributed by atoms with van der Waals surface area (Å²) in [7, 11) is 0. The average Bonchev–Trinajstić information content (AvgIpc) is 2.69. The zero-order valence-corrected chi connectivity index (χ0v) is 16.8. The summed E-state index contributed by atoms with van der Waals surface area (Å²) >= 11 is 0. The predicted octanol–water partition coefficient (Wildman–Crippen LogP) is 3.49. The van der Waals surface area contributed by atoms with E-state index in [2.05, 4.69) is 5.32 Å². The van der Waals surface area contributed by atoms with Crippen molar-refractivity contribution in [2.24, 2.45) is 0 Å². The number of aryl methyl sites for hydroxylation is 1. The highest BCUT2D eigenvalue weighted by Crippen LogP contribution is 2.12. The lowest BCUT2D eigenvalue weighted by Crippen LogP contribution is -2.40. The highest BCUT2D eigenvalue weighted by Gasteiger charge is 2.15. The Balaban J connectivity index is 1.88. The van der Waals surface area contributed by atoms with E-state index in [9.17, 15) is 9.90 Å². The van der Waals surface area contributed by atoms with Gasteiger partial charge in [0.15, 0.2) is 0 Å². The van der Waals surface area contributed by atoms with Crippen molar-refractivity contribution in [2.75, 3.05) is 19.8 Å². The maximum absolute atomic E-state index is 12.4. The molecule has 2 atom stereocenters. The lowest BCUT2D eigenvalue weighted by Gasteiger charge is -2.20. The number of phenols is 1. The monoisotopic (exact) mass is 385 g/mol. The molecule has 0 saturated heterocycles. The maximum atomic E-state index is 12.4. The first-order chi connectivity index (χ1) is 13.6. The van der Waals surface area contributed by atoms with E-state index in [-0.39, 0.29) is 23.8 Å². The summed E-state index contributed by atoms with van der Waals surface area (Å²) < 4.78 is 11.3. The van der Waals surface area contributed by atoms with Gasteiger partial charge in [-0.2, -0.15) is 0 Å². The van der Waals surface area contributed by atoms with Gasteiger partial charge >= 0.3 is 0 Å². The van der Waals surface area contributed by atoms with Crippen molar-refractivity contribution in [1.82, 2.24) is 5.32 Å². The van der Waals surface area contributed by atoms with Gasteiger partial charge in [-0.25, -0.2) is 0 Å². The molecule has 2 aromatic carbocycles. The highest BCUT2D eigenvalue weighted by atomic mass is 16.5. The number of hydrogen-bond acceptors (Lipinski definition) is 4. The molecule has 0 aliphatic heterocycles. The van der Waals surface area contributed by atoms with Crippen molar-refractivity contribution in [1.29, 1.82) is 0 Å². The Labute approximate surface area is 167 Å². The van der Waals surface area contributed by atoms with E-state index < -0.39 is 0 Å². The van der Waals surface area contributed by atoms with Gasteiger partial charge in [0.25, 0.3) is 0 Å². The van der Waals surface area contributed by atoms with Crippen LogP contribution in [0.2, 0.25) is 0 Å². The van der Waals surface area contributed by atoms with Crippen LogP contribution in [0.5, 0.6) is 5.75 Å². The smallest absolute Gasteiger partial charge is 0.220 e. The standard InChI is InChI=1S/C23H31NO4/c1-3-28-18(2)16-27-17-21(15-20-9-12-22(25)13-10-20)24-23(26)14-11-19-7-5-4-6-8-19/h4-10,12-13,18,21,25H,3,11,14-17H2,1-2H3,(H,24,26)/t18?,21-/m0/s1. The topological polar surface area (TPSA) is 67.8 Å². The Morgan fingerprint density at radius 2 is 1.75 bits per heavy atom. The Hall–Kier alpha value is -2.37. The van der Waals surface area contributed by atoms with Crippen LogP contribution in [0, 0.1) is 0 Å². The van der Waals surface area contributed by atoms with E-state index in [1.165, 1.54) is 0 Å². The molecule has 0 spiro atoms. The Morgan fingerprint density at radius 3 is 2.43 bits per heavy atom. The van der Waals surface area contributed by atoms with Crippen molar-refractivity contribution in [3.05, 3.63) is 65.7 Å². The van der Waals surface area contributed by atoms with Gasteiger partial charge in [-0.1, -0.05) is 42.5 Å². The molecule has 0 radical (unpaired) electrons. The fourth-order valence-electron chi connectivity index (χ4n) is 2.98. The second kappa shape index (κ2) is 12.2. The van der Waals surface area contributed by atoms with E-state index in [1.54, 1.807) is 12.1 Å². The molecule has 0 fully saturated rings. The summed E-state index contributed by atoms with van der Waals surface area (Å²) in [6.45, 7) is 5.47. The largest absolute Gasteiger partial charge is 0.508 e. The molecule has 152 valence electrons. The molecule has 2 rings (SSSR count). The normalized spacial score (nSPS) is 13.1. The van der Waals surface area contributed by atoms with Gasteiger partial charge < -0.3 is 19.9 Å². The zero-order valence-electron chi connectivity index (χ0n) is 16.8. The summed E-state index contributed by atoms with van der Waals surface area (Å²) in [5, 5.41) is 12.5. The predicted molar refractivity (Wildman–Crippen MR) is 110 cm³/mol. The van der Waals surface area contributed by atoms with Gasteiger partial charge in [-0.05, 0) is 49.9 Å². The molecule has 1 amide bonds. The first-order valence-electron chi connectivity index (χ1n) is 9.87. The van der Waals surface area contributed by atoms with Gasteiger partial charge in [0, 0.05) is 13.0 Å². The summed E-state index contributed by atoms with van der Waals surface area (Å²) in [4.78, 5) is 12.4. The van der Waals surface area contributed by atoms with Crippen LogP contribution in [0.3, 0.4) is 0 Å². The summed E-state index contributed by atoms with van der Waals surface area (Å²) in [5.74, 6) is 0.239. The minimum atomic E-state index is -0.137. The minimum Gasteiger partial charge on any atom is -0.508 e. The fraction of sp³-hybridized carbons (Fsp3) is 0.435. The van der Waals surface area contributed by atoms with Crippen molar-refractivity contribution in [3.8, 4) is 5.75 Å². The molecule has 0 aromatic heterocycles. The Bertz CT molecular complexity index is 688. The molecule has 0 bridgehead atoms. The van der Waals surface area contributed by atoms with Crippen LogP contribution in [-0.4, -0.2) is 43.0 Å². The molecule has 2 aromatic rings. The number of carbonyl (C=O) groups is 1. The molecule has 1 unspecified atom stereocenters. The summed E-state index contributed by atoms with van der Waals surface area (Å²) in [6.07, 6.45) is 1.81. The van der Waals surface area contributed by atoms with Crippen LogP contribution in [0.25, 0.3) is 0 Å². The van der Waals surface area contributed by atoms with E-state index in [0.717, 1.165) is 11.1 Å². The third-order valence-corrected chi connectivity index (χ3v) is 4.39. The summed E-state index contributed by atoms with van der Waals surface area (Å²) in [6, 6.07) is 16.9. The van der Waals surface area contributed by atoms with Crippen LogP contribution >= 0.6 is 0 Å². The number of carbonyl (C=O) groups excluding carboxylic acids is 1. The lowest BCUT2D eigenvalue weighted by molar-refractivity contribution is -0.122. The molecule has 0 aliphatic carbocycles. The zero-order chi connectivity index (χ0) is 20.2. The average molecular weight is 386 g/mol. The third kappa shape index (κ3) is 8.55.